The summed E-state index contributed by atoms with van der Waals surface area (Å²) in [5.41, 5.74) is 6.96. The molecule has 0 saturated carbocycles. The lowest BCUT2D eigenvalue weighted by molar-refractivity contribution is -0.568. The SMILES string of the molecule is Cc1ccc2nc3c(cc2c1)[C@H]1OC(N)=C(C#N)[C@@]1([N+](=O)[O-])[C@@H](c1ccc(Cl)cc1)S3. The summed E-state index contributed by atoms with van der Waals surface area (Å²) in [6.07, 6.45) is -1.08. The summed E-state index contributed by atoms with van der Waals surface area (Å²) in [6.45, 7) is 1.96. The van der Waals surface area contributed by atoms with Crippen molar-refractivity contribution in [3.63, 3.8) is 0 Å². The van der Waals surface area contributed by atoms with Gasteiger partial charge in [-0.05, 0) is 42.8 Å². The van der Waals surface area contributed by atoms with E-state index in [9.17, 15) is 15.4 Å². The molecule has 0 radical (unpaired) electrons. The number of ether oxygens (including phenoxy) is 1. The number of nitriles is 1. The molecule has 7 nitrogen and oxygen atoms in total. The van der Waals surface area contributed by atoms with Gasteiger partial charge >= 0.3 is 5.54 Å². The standard InChI is InChI=1S/C22H15ClN4O3S/c1-11-2-7-17-13(8-11)9-15-18-22(27(28)29,16(10-24)20(25)30-18)19(31-21(15)26-17)12-3-5-14(23)6-4-12/h2-9,18-19H,25H2,1H3/t18-,19-,22+/m1/s1. The number of pyridine rings is 1. The van der Waals surface area contributed by atoms with E-state index in [1.807, 2.05) is 37.3 Å². The van der Waals surface area contributed by atoms with Crippen LogP contribution in [0.3, 0.4) is 0 Å². The fraction of sp³-hybridized carbons (Fsp3) is 0.182. The predicted molar refractivity (Wildman–Crippen MR) is 117 cm³/mol. The first-order chi connectivity index (χ1) is 14.9. The summed E-state index contributed by atoms with van der Waals surface area (Å²) in [5.74, 6) is -0.221. The average Bonchev–Trinajstić information content (AvgIpc) is 3.06. The van der Waals surface area contributed by atoms with E-state index in [0.717, 1.165) is 16.5 Å². The minimum absolute atomic E-state index is 0.176. The molecule has 0 spiro atoms. The van der Waals surface area contributed by atoms with E-state index in [1.165, 1.54) is 11.8 Å². The van der Waals surface area contributed by atoms with Crippen LogP contribution in [0.2, 0.25) is 5.02 Å². The molecule has 9 heteroatoms. The number of hydrogen-bond donors (Lipinski definition) is 1. The number of halogens is 1. The molecule has 1 aromatic heterocycles. The van der Waals surface area contributed by atoms with Crippen molar-refractivity contribution < 1.29 is 9.66 Å². The monoisotopic (exact) mass is 450 g/mol. The smallest absolute Gasteiger partial charge is 0.318 e. The van der Waals surface area contributed by atoms with E-state index in [1.54, 1.807) is 24.3 Å². The van der Waals surface area contributed by atoms with Crippen LogP contribution in [0.15, 0.2) is 65.0 Å². The maximum Gasteiger partial charge on any atom is 0.318 e. The number of nitrogens with zero attached hydrogens (tertiary/aromatic N) is 3. The first kappa shape index (κ1) is 19.7. The molecule has 3 heterocycles. The minimum Gasteiger partial charge on any atom is -0.462 e. The third-order valence-electron chi connectivity index (χ3n) is 5.75. The third kappa shape index (κ3) is 2.70. The number of fused-ring (bicyclic) bond motifs is 4. The molecule has 0 unspecified atom stereocenters. The van der Waals surface area contributed by atoms with Crippen molar-refractivity contribution >= 4 is 34.3 Å². The van der Waals surface area contributed by atoms with Crippen molar-refractivity contribution in [1.82, 2.24) is 4.98 Å². The van der Waals surface area contributed by atoms with Gasteiger partial charge in [-0.15, -0.1) is 0 Å². The lowest BCUT2D eigenvalue weighted by Crippen LogP contribution is -2.50. The van der Waals surface area contributed by atoms with Crippen molar-refractivity contribution in [3.8, 4) is 6.07 Å². The van der Waals surface area contributed by atoms with E-state index in [2.05, 4.69) is 0 Å². The van der Waals surface area contributed by atoms with Crippen LogP contribution >= 0.6 is 23.4 Å². The largest absolute Gasteiger partial charge is 0.462 e. The van der Waals surface area contributed by atoms with Crippen LogP contribution in [0.4, 0.5) is 0 Å². The zero-order chi connectivity index (χ0) is 21.9. The van der Waals surface area contributed by atoms with Crippen molar-refractivity contribution in [2.24, 2.45) is 5.73 Å². The highest BCUT2D eigenvalue weighted by molar-refractivity contribution is 7.99. The van der Waals surface area contributed by atoms with Crippen molar-refractivity contribution in [2.75, 3.05) is 0 Å². The first-order valence-corrected chi connectivity index (χ1v) is 10.7. The zero-order valence-corrected chi connectivity index (χ0v) is 17.8. The van der Waals surface area contributed by atoms with Crippen LogP contribution in [0.1, 0.15) is 28.0 Å². The summed E-state index contributed by atoms with van der Waals surface area (Å²) in [5, 5.41) is 23.7. The third-order valence-corrected chi connectivity index (χ3v) is 7.42. The number of aromatic nitrogens is 1. The molecule has 0 amide bonds. The van der Waals surface area contributed by atoms with E-state index < -0.39 is 21.8 Å². The van der Waals surface area contributed by atoms with Gasteiger partial charge in [0.25, 0.3) is 0 Å². The fourth-order valence-electron chi connectivity index (χ4n) is 4.34. The Morgan fingerprint density at radius 2 is 2.03 bits per heavy atom. The van der Waals surface area contributed by atoms with Gasteiger partial charge in [0.05, 0.1) is 5.52 Å². The highest BCUT2D eigenvalue weighted by Crippen LogP contribution is 2.62. The lowest BCUT2D eigenvalue weighted by atomic mass is 9.77. The molecule has 31 heavy (non-hydrogen) atoms. The minimum atomic E-state index is -1.89. The van der Waals surface area contributed by atoms with Crippen molar-refractivity contribution in [2.45, 2.75) is 28.8 Å². The Kier molecular flexibility index (Phi) is 4.36. The second-order valence-corrected chi connectivity index (χ2v) is 9.09. The first-order valence-electron chi connectivity index (χ1n) is 9.41. The maximum atomic E-state index is 12.7. The zero-order valence-electron chi connectivity index (χ0n) is 16.2. The van der Waals surface area contributed by atoms with Gasteiger partial charge in [0.1, 0.15) is 16.3 Å². The van der Waals surface area contributed by atoms with Crippen LogP contribution in [-0.2, 0) is 4.74 Å². The predicted octanol–water partition coefficient (Wildman–Crippen LogP) is 4.82. The van der Waals surface area contributed by atoms with Crippen molar-refractivity contribution in [3.05, 3.63) is 91.8 Å². The molecule has 0 aliphatic carbocycles. The highest BCUT2D eigenvalue weighted by Gasteiger charge is 2.70. The molecule has 2 N–H and O–H groups in total. The summed E-state index contributed by atoms with van der Waals surface area (Å²) in [6, 6.07) is 16.4. The quantitative estimate of drug-likeness (QED) is 0.439. The van der Waals surface area contributed by atoms with Gasteiger partial charge < -0.3 is 10.5 Å². The summed E-state index contributed by atoms with van der Waals surface area (Å²) in [7, 11) is 0. The Bertz CT molecular complexity index is 1340. The van der Waals surface area contributed by atoms with E-state index >= 15 is 0 Å². The molecule has 3 aromatic rings. The molecule has 2 aromatic carbocycles. The van der Waals surface area contributed by atoms with Gasteiger partial charge in [-0.25, -0.2) is 4.98 Å². The van der Waals surface area contributed by atoms with Crippen LogP contribution in [0.5, 0.6) is 0 Å². The van der Waals surface area contributed by atoms with Gasteiger partial charge in [0.2, 0.25) is 12.0 Å². The topological polar surface area (TPSA) is 115 Å². The van der Waals surface area contributed by atoms with Crippen LogP contribution in [0, 0.1) is 28.4 Å². The van der Waals surface area contributed by atoms with E-state index in [-0.39, 0.29) is 11.5 Å². The van der Waals surface area contributed by atoms with E-state index in [0.29, 0.717) is 21.2 Å². The summed E-state index contributed by atoms with van der Waals surface area (Å²) in [4.78, 5) is 17.0. The Balaban J connectivity index is 1.82. The molecular formula is C22H15ClN4O3S. The molecule has 2 aliphatic rings. The maximum absolute atomic E-state index is 12.7. The average molecular weight is 451 g/mol. The summed E-state index contributed by atoms with van der Waals surface area (Å²) < 4.78 is 5.83. The number of aryl methyl sites for hydroxylation is 1. The van der Waals surface area contributed by atoms with E-state index in [4.69, 9.17) is 27.1 Å². The molecule has 3 atom stereocenters. The second kappa shape index (κ2) is 6.87. The van der Waals surface area contributed by atoms with Gasteiger partial charge in [0.15, 0.2) is 5.57 Å². The van der Waals surface area contributed by atoms with Crippen molar-refractivity contribution in [1.29, 1.82) is 5.26 Å². The van der Waals surface area contributed by atoms with Gasteiger partial charge in [0, 0.05) is 20.9 Å². The number of hydrogen-bond acceptors (Lipinski definition) is 7. The molecule has 0 bridgehead atoms. The number of benzene rings is 2. The molecule has 154 valence electrons. The lowest BCUT2D eigenvalue weighted by Gasteiger charge is -2.37. The van der Waals surface area contributed by atoms with Crippen LogP contribution in [-0.4, -0.2) is 15.4 Å². The molecule has 0 saturated heterocycles. The van der Waals surface area contributed by atoms with Gasteiger partial charge in [-0.1, -0.05) is 47.1 Å². The van der Waals surface area contributed by atoms with Crippen LogP contribution in [0.25, 0.3) is 10.9 Å². The summed E-state index contributed by atoms with van der Waals surface area (Å²) >= 11 is 7.28. The molecule has 0 fully saturated rings. The Labute approximate surface area is 186 Å². The van der Waals surface area contributed by atoms with Gasteiger partial charge in [-0.3, -0.25) is 10.1 Å². The number of nitrogens with two attached hydrogens (primary N) is 1. The Hall–Kier alpha value is -3.28. The number of nitro groups is 1. The van der Waals surface area contributed by atoms with Gasteiger partial charge in [-0.2, -0.15) is 5.26 Å². The Morgan fingerprint density at radius 3 is 2.71 bits per heavy atom. The normalized spacial score (nSPS) is 24.3. The fourth-order valence-corrected chi connectivity index (χ4v) is 5.94. The number of thioether (sulfide) groups is 1. The Morgan fingerprint density at radius 1 is 1.29 bits per heavy atom. The second-order valence-electron chi connectivity index (χ2n) is 7.56. The number of rotatable bonds is 2. The molecule has 5 rings (SSSR count). The molecule has 2 aliphatic heterocycles. The van der Waals surface area contributed by atoms with Crippen LogP contribution < -0.4 is 5.73 Å². The highest BCUT2D eigenvalue weighted by atomic mass is 35.5. The molecular weight excluding hydrogens is 436 g/mol.